The van der Waals surface area contributed by atoms with E-state index in [4.69, 9.17) is 23.2 Å². The Morgan fingerprint density at radius 2 is 2.00 bits per heavy atom. The van der Waals surface area contributed by atoms with Gasteiger partial charge >= 0.3 is 0 Å². The van der Waals surface area contributed by atoms with E-state index in [9.17, 15) is 9.18 Å². The zero-order valence-corrected chi connectivity index (χ0v) is 16.3. The van der Waals surface area contributed by atoms with E-state index in [-0.39, 0.29) is 11.7 Å². The summed E-state index contributed by atoms with van der Waals surface area (Å²) >= 11 is 15.1. The first-order valence-corrected chi connectivity index (χ1v) is 9.90. The molecule has 0 aliphatic heterocycles. The molecule has 1 amide bonds. The summed E-state index contributed by atoms with van der Waals surface area (Å²) in [5.74, 6) is 0.0975. The average molecular weight is 415 g/mol. The normalized spacial score (nSPS) is 12.1. The van der Waals surface area contributed by atoms with Crippen LogP contribution in [0.25, 0.3) is 10.2 Å². The maximum atomic E-state index is 12.9. The van der Waals surface area contributed by atoms with Gasteiger partial charge in [-0.2, -0.15) is 4.99 Å². The van der Waals surface area contributed by atoms with Gasteiger partial charge in [-0.25, -0.2) is 4.39 Å². The molecule has 0 saturated carbocycles. The van der Waals surface area contributed by atoms with E-state index in [1.807, 2.05) is 7.05 Å². The lowest BCUT2D eigenvalue weighted by atomic mass is 10.3. The monoisotopic (exact) mass is 414 g/mol. The minimum atomic E-state index is -0.272. The quantitative estimate of drug-likeness (QED) is 0.543. The number of amides is 1. The second-order valence-corrected chi connectivity index (χ2v) is 8.26. The van der Waals surface area contributed by atoms with Crippen LogP contribution in [0.1, 0.15) is 6.42 Å². The number of carbonyl (C=O) groups excluding carboxylic acids is 1. The maximum absolute atomic E-state index is 12.9. The molecule has 3 aromatic rings. The number of thiazole rings is 1. The fourth-order valence-corrected chi connectivity index (χ4v) is 4.94. The van der Waals surface area contributed by atoms with Gasteiger partial charge in [-0.05, 0) is 36.4 Å². The largest absolute Gasteiger partial charge is 0.318 e. The van der Waals surface area contributed by atoms with E-state index < -0.39 is 0 Å². The number of thioether (sulfide) groups is 1. The maximum Gasteiger partial charge on any atom is 0.249 e. The molecule has 0 atom stereocenters. The van der Waals surface area contributed by atoms with Crippen molar-refractivity contribution in [1.29, 1.82) is 0 Å². The molecular formula is C17H13Cl2FN2OS2. The Labute approximate surface area is 162 Å². The summed E-state index contributed by atoms with van der Waals surface area (Å²) in [4.78, 5) is 17.8. The van der Waals surface area contributed by atoms with Crippen molar-refractivity contribution in [3.63, 3.8) is 0 Å². The predicted molar refractivity (Wildman–Crippen MR) is 103 cm³/mol. The van der Waals surface area contributed by atoms with Gasteiger partial charge in [-0.3, -0.25) is 4.79 Å². The van der Waals surface area contributed by atoms with Crippen LogP contribution in [0.15, 0.2) is 46.3 Å². The van der Waals surface area contributed by atoms with Crippen LogP contribution in [-0.4, -0.2) is 16.2 Å². The summed E-state index contributed by atoms with van der Waals surface area (Å²) < 4.78 is 15.5. The van der Waals surface area contributed by atoms with Crippen molar-refractivity contribution in [3.05, 3.63) is 57.1 Å². The Kier molecular flexibility index (Phi) is 5.84. The topological polar surface area (TPSA) is 34.4 Å². The molecule has 3 rings (SSSR count). The molecule has 3 nitrogen and oxygen atoms in total. The van der Waals surface area contributed by atoms with Gasteiger partial charge in [0, 0.05) is 29.1 Å². The minimum absolute atomic E-state index is 0.209. The second-order valence-electron chi connectivity index (χ2n) is 5.24. The molecular weight excluding hydrogens is 402 g/mol. The van der Waals surface area contributed by atoms with Crippen LogP contribution < -0.4 is 4.80 Å². The van der Waals surface area contributed by atoms with Crippen molar-refractivity contribution in [3.8, 4) is 0 Å². The highest BCUT2D eigenvalue weighted by atomic mass is 35.5. The number of hydrogen-bond acceptors (Lipinski definition) is 3. The zero-order valence-electron chi connectivity index (χ0n) is 13.1. The third-order valence-corrected chi connectivity index (χ3v) is 6.03. The number of rotatable bonds is 4. The Morgan fingerprint density at radius 1 is 1.28 bits per heavy atom. The molecule has 8 heteroatoms. The Hall–Kier alpha value is -1.34. The van der Waals surface area contributed by atoms with E-state index in [1.165, 1.54) is 35.2 Å². The van der Waals surface area contributed by atoms with Crippen molar-refractivity contribution < 1.29 is 9.18 Å². The van der Waals surface area contributed by atoms with Gasteiger partial charge in [0.05, 0.1) is 15.2 Å². The fourth-order valence-electron chi connectivity index (χ4n) is 2.26. The highest BCUT2D eigenvalue weighted by molar-refractivity contribution is 7.99. The van der Waals surface area contributed by atoms with Gasteiger partial charge in [0.15, 0.2) is 4.80 Å². The molecule has 0 aliphatic rings. The lowest BCUT2D eigenvalue weighted by molar-refractivity contribution is -0.117. The Bertz CT molecular complexity index is 996. The van der Waals surface area contributed by atoms with Gasteiger partial charge in [-0.1, -0.05) is 34.5 Å². The summed E-state index contributed by atoms with van der Waals surface area (Å²) in [6.45, 7) is 0. The van der Waals surface area contributed by atoms with Gasteiger partial charge in [0.2, 0.25) is 5.91 Å². The number of hydrogen-bond donors (Lipinski definition) is 0. The summed E-state index contributed by atoms with van der Waals surface area (Å²) in [7, 11) is 1.82. The van der Waals surface area contributed by atoms with Crippen molar-refractivity contribution in [2.45, 2.75) is 11.3 Å². The molecule has 130 valence electrons. The highest BCUT2D eigenvalue weighted by Gasteiger charge is 2.10. The predicted octanol–water partition coefficient (Wildman–Crippen LogP) is 5.30. The van der Waals surface area contributed by atoms with E-state index in [0.29, 0.717) is 27.0 Å². The SMILES string of the molecule is Cn1c(=NC(=O)CCSc2ccc(F)cc2)sc2cc(Cl)cc(Cl)c21. The van der Waals surface area contributed by atoms with Gasteiger partial charge < -0.3 is 4.57 Å². The molecule has 0 unspecified atom stereocenters. The first kappa shape index (κ1) is 18.5. The highest BCUT2D eigenvalue weighted by Crippen LogP contribution is 2.29. The molecule has 0 fully saturated rings. The number of nitrogens with zero attached hydrogens (tertiary/aromatic N) is 2. The number of benzene rings is 2. The molecule has 2 aromatic carbocycles. The van der Waals surface area contributed by atoms with E-state index >= 15 is 0 Å². The first-order valence-electron chi connectivity index (χ1n) is 7.34. The van der Waals surface area contributed by atoms with Crippen molar-refractivity contribution in [2.24, 2.45) is 12.0 Å². The third kappa shape index (κ3) is 4.44. The summed E-state index contributed by atoms with van der Waals surface area (Å²) in [5.41, 5.74) is 0.809. The lowest BCUT2D eigenvalue weighted by Gasteiger charge is -2.00. The summed E-state index contributed by atoms with van der Waals surface area (Å²) in [6.07, 6.45) is 0.296. The fraction of sp³-hybridized carbons (Fsp3) is 0.176. The van der Waals surface area contributed by atoms with Gasteiger partial charge in [0.1, 0.15) is 5.82 Å². The number of carbonyl (C=O) groups is 1. The smallest absolute Gasteiger partial charge is 0.249 e. The Balaban J connectivity index is 1.73. The first-order chi connectivity index (χ1) is 11.9. The van der Waals surface area contributed by atoms with Crippen molar-refractivity contribution >= 4 is 62.4 Å². The molecule has 0 radical (unpaired) electrons. The third-order valence-electron chi connectivity index (χ3n) is 3.44. The van der Waals surface area contributed by atoms with E-state index in [1.54, 1.807) is 28.8 Å². The molecule has 0 spiro atoms. The molecule has 1 aromatic heterocycles. The van der Waals surface area contributed by atoms with Crippen LogP contribution in [0.2, 0.25) is 10.0 Å². The lowest BCUT2D eigenvalue weighted by Crippen LogP contribution is -2.13. The van der Waals surface area contributed by atoms with Crippen LogP contribution in [0.5, 0.6) is 0 Å². The molecule has 0 aliphatic carbocycles. The molecule has 1 heterocycles. The number of aryl methyl sites for hydroxylation is 1. The van der Waals surface area contributed by atoms with Crippen LogP contribution in [0.3, 0.4) is 0 Å². The van der Waals surface area contributed by atoms with Gasteiger partial charge in [-0.15, -0.1) is 11.8 Å². The molecule has 0 N–H and O–H groups in total. The number of halogens is 3. The van der Waals surface area contributed by atoms with E-state index in [0.717, 1.165) is 15.1 Å². The average Bonchev–Trinajstić information content (AvgIpc) is 2.85. The minimum Gasteiger partial charge on any atom is -0.318 e. The summed E-state index contributed by atoms with van der Waals surface area (Å²) in [5, 5.41) is 1.08. The second kappa shape index (κ2) is 7.91. The van der Waals surface area contributed by atoms with Crippen LogP contribution in [0, 0.1) is 5.82 Å². The standard InChI is InChI=1S/C17H13Cl2FN2OS2/c1-22-16-13(19)8-10(18)9-14(16)25-17(22)21-15(23)6-7-24-12-4-2-11(20)3-5-12/h2-5,8-9H,6-7H2,1H3. The van der Waals surface area contributed by atoms with Gasteiger partial charge in [0.25, 0.3) is 0 Å². The molecule has 0 bridgehead atoms. The molecule has 25 heavy (non-hydrogen) atoms. The van der Waals surface area contributed by atoms with Crippen LogP contribution >= 0.6 is 46.3 Å². The summed E-state index contributed by atoms with van der Waals surface area (Å²) in [6, 6.07) is 9.67. The van der Waals surface area contributed by atoms with E-state index in [2.05, 4.69) is 4.99 Å². The van der Waals surface area contributed by atoms with Crippen molar-refractivity contribution in [1.82, 2.24) is 4.57 Å². The number of fused-ring (bicyclic) bond motifs is 1. The zero-order chi connectivity index (χ0) is 18.0. The molecule has 0 saturated heterocycles. The van der Waals surface area contributed by atoms with Crippen LogP contribution in [0.4, 0.5) is 4.39 Å². The van der Waals surface area contributed by atoms with Crippen LogP contribution in [-0.2, 0) is 11.8 Å². The number of aromatic nitrogens is 1. The van der Waals surface area contributed by atoms with Crippen molar-refractivity contribution in [2.75, 3.05) is 5.75 Å². The Morgan fingerprint density at radius 3 is 2.72 bits per heavy atom.